The van der Waals surface area contributed by atoms with Gasteiger partial charge in [-0.1, -0.05) is 0 Å². The van der Waals surface area contributed by atoms with Crippen LogP contribution in [0.5, 0.6) is 5.75 Å². The number of carboxylic acid groups (broad SMARTS) is 1. The number of hydrogen-bond acceptors (Lipinski definition) is 6. The largest absolute Gasteiger partial charge is 0.490 e. The van der Waals surface area contributed by atoms with Crippen LogP contribution in [0, 0.1) is 11.6 Å². The summed E-state index contributed by atoms with van der Waals surface area (Å²) in [5.41, 5.74) is -2.18. The molecule has 1 saturated carbocycles. The van der Waals surface area contributed by atoms with E-state index in [0.29, 0.717) is 40.6 Å². The van der Waals surface area contributed by atoms with Crippen LogP contribution in [-0.2, 0) is 17.5 Å². The van der Waals surface area contributed by atoms with E-state index < -0.39 is 47.3 Å². The maximum absolute atomic E-state index is 14.9. The maximum atomic E-state index is 14.9. The minimum atomic E-state index is -4.85. The van der Waals surface area contributed by atoms with E-state index in [0.717, 1.165) is 6.07 Å². The van der Waals surface area contributed by atoms with Crippen molar-refractivity contribution < 1.29 is 46.1 Å². The number of fused-ring (bicyclic) bond motifs is 1. The zero-order valence-corrected chi connectivity index (χ0v) is 21.7. The normalized spacial score (nSPS) is 17.3. The van der Waals surface area contributed by atoms with E-state index in [1.54, 1.807) is 20.8 Å². The van der Waals surface area contributed by atoms with E-state index >= 15 is 0 Å². The maximum Gasteiger partial charge on any atom is 0.425 e. The second kappa shape index (κ2) is 10.9. The highest BCUT2D eigenvalue weighted by atomic mass is 19.4. The lowest BCUT2D eigenvalue weighted by molar-refractivity contribution is -0.140. The van der Waals surface area contributed by atoms with Gasteiger partial charge < -0.3 is 19.9 Å². The molecular weight excluding hydrogens is 541 g/mol. The number of benzene rings is 2. The van der Waals surface area contributed by atoms with E-state index in [4.69, 9.17) is 9.47 Å². The highest BCUT2D eigenvalue weighted by Gasteiger charge is 2.36. The van der Waals surface area contributed by atoms with Crippen molar-refractivity contribution in [2.24, 2.45) is 0 Å². The fourth-order valence-electron chi connectivity index (χ4n) is 4.18. The fraction of sp³-hybridized carbons (Fsp3) is 0.370. The van der Waals surface area contributed by atoms with Gasteiger partial charge in [-0.2, -0.15) is 18.1 Å². The monoisotopic (exact) mass is 567 g/mol. The molecule has 13 heteroatoms. The van der Waals surface area contributed by atoms with Gasteiger partial charge >= 0.3 is 18.4 Å². The number of aromatic nitrogens is 1. The summed E-state index contributed by atoms with van der Waals surface area (Å²) >= 11 is 0. The van der Waals surface area contributed by atoms with Gasteiger partial charge in [0, 0.05) is 29.7 Å². The van der Waals surface area contributed by atoms with Crippen LogP contribution < -0.4 is 15.0 Å². The van der Waals surface area contributed by atoms with Crippen molar-refractivity contribution in [3.8, 4) is 5.75 Å². The molecule has 8 nitrogen and oxygen atoms in total. The number of pyridine rings is 1. The number of rotatable bonds is 6. The fourth-order valence-corrected chi connectivity index (χ4v) is 4.18. The average molecular weight is 568 g/mol. The van der Waals surface area contributed by atoms with Gasteiger partial charge in [-0.05, 0) is 75.4 Å². The topological polar surface area (TPSA) is 101 Å². The number of carbonyl (C=O) groups is 2. The number of nitrogens with zero attached hydrogens (tertiary/aromatic N) is 2. The lowest BCUT2D eigenvalue weighted by Gasteiger charge is -2.36. The summed E-state index contributed by atoms with van der Waals surface area (Å²) in [5, 5.41) is 13.6. The number of carbonyl (C=O) groups excluding carboxylic acids is 1. The molecule has 4 rings (SSSR count). The highest BCUT2D eigenvalue weighted by molar-refractivity contribution is 6.08. The predicted molar refractivity (Wildman–Crippen MR) is 134 cm³/mol. The first kappa shape index (κ1) is 29.0. The molecule has 0 aliphatic heterocycles. The van der Waals surface area contributed by atoms with Crippen LogP contribution in [0.1, 0.15) is 44.7 Å². The molecule has 40 heavy (non-hydrogen) atoms. The molecule has 1 aliphatic rings. The molecule has 0 spiro atoms. The molecule has 1 fully saturated rings. The van der Waals surface area contributed by atoms with E-state index in [1.807, 2.05) is 0 Å². The van der Waals surface area contributed by atoms with Gasteiger partial charge in [0.25, 0.3) is 0 Å². The van der Waals surface area contributed by atoms with Gasteiger partial charge in [0.2, 0.25) is 0 Å². The third kappa shape index (κ3) is 6.58. The smallest absolute Gasteiger partial charge is 0.425 e. The second-order valence-corrected chi connectivity index (χ2v) is 10.3. The van der Waals surface area contributed by atoms with Crippen LogP contribution in [0.4, 0.5) is 37.4 Å². The first-order chi connectivity index (χ1) is 18.6. The third-order valence-corrected chi connectivity index (χ3v) is 6.15. The minimum absolute atomic E-state index is 0.0261. The lowest BCUT2D eigenvalue weighted by atomic mass is 9.89. The Morgan fingerprint density at radius 3 is 2.38 bits per heavy atom. The summed E-state index contributed by atoms with van der Waals surface area (Å²) in [4.78, 5) is 28.7. The molecule has 0 unspecified atom stereocenters. The highest BCUT2D eigenvalue weighted by Crippen LogP contribution is 2.35. The van der Waals surface area contributed by atoms with Crippen LogP contribution >= 0.6 is 0 Å². The molecule has 1 aliphatic carbocycles. The van der Waals surface area contributed by atoms with Gasteiger partial charge in [0.1, 0.15) is 34.9 Å². The van der Waals surface area contributed by atoms with E-state index in [1.165, 1.54) is 24.4 Å². The van der Waals surface area contributed by atoms with E-state index in [-0.39, 0.29) is 29.7 Å². The molecule has 0 radical (unpaired) electrons. The Hall–Kier alpha value is -4.00. The number of hydrogen-bond donors (Lipinski definition) is 2. The SMILES string of the molecule is CC(C)(C)OC(=O)N(C(=O)O)c1cc2c(CN[C@H]3C[C@H](Oc4ccc(F)c(C(F)(F)F)c4)C3)c(F)ccc2cn1. The van der Waals surface area contributed by atoms with Gasteiger partial charge in [0.05, 0.1) is 5.56 Å². The van der Waals surface area contributed by atoms with Gasteiger partial charge in [0.15, 0.2) is 0 Å². The van der Waals surface area contributed by atoms with Crippen molar-refractivity contribution in [1.29, 1.82) is 0 Å². The number of halogens is 5. The summed E-state index contributed by atoms with van der Waals surface area (Å²) in [5.74, 6) is -2.34. The van der Waals surface area contributed by atoms with Crippen molar-refractivity contribution in [3.05, 3.63) is 65.4 Å². The first-order valence-corrected chi connectivity index (χ1v) is 12.2. The van der Waals surface area contributed by atoms with Gasteiger partial charge in [-0.25, -0.2) is 23.4 Å². The van der Waals surface area contributed by atoms with Crippen molar-refractivity contribution in [1.82, 2.24) is 10.3 Å². The Bertz CT molecular complexity index is 1430. The molecule has 0 bridgehead atoms. The minimum Gasteiger partial charge on any atom is -0.490 e. The number of nitrogens with one attached hydrogen (secondary N) is 1. The van der Waals surface area contributed by atoms with Crippen LogP contribution in [0.3, 0.4) is 0 Å². The molecule has 2 aromatic carbocycles. The number of imide groups is 1. The number of ether oxygens (including phenoxy) is 2. The summed E-state index contributed by atoms with van der Waals surface area (Å²) in [6.07, 6.45) is -5.92. The van der Waals surface area contributed by atoms with E-state index in [9.17, 15) is 36.6 Å². The molecule has 3 aromatic rings. The van der Waals surface area contributed by atoms with Crippen molar-refractivity contribution in [2.45, 2.75) is 64.1 Å². The Kier molecular flexibility index (Phi) is 7.88. The Balaban J connectivity index is 1.45. The zero-order chi connectivity index (χ0) is 29.4. The molecule has 1 heterocycles. The quantitative estimate of drug-likeness (QED) is 0.322. The number of anilines is 1. The Morgan fingerprint density at radius 1 is 1.07 bits per heavy atom. The Morgan fingerprint density at radius 2 is 1.75 bits per heavy atom. The average Bonchev–Trinajstić information content (AvgIpc) is 2.80. The first-order valence-electron chi connectivity index (χ1n) is 12.2. The van der Waals surface area contributed by atoms with Crippen LogP contribution in [0.2, 0.25) is 0 Å². The van der Waals surface area contributed by atoms with Crippen molar-refractivity contribution in [3.63, 3.8) is 0 Å². The van der Waals surface area contributed by atoms with Crippen LogP contribution in [0.15, 0.2) is 42.6 Å². The lowest BCUT2D eigenvalue weighted by Crippen LogP contribution is -2.46. The van der Waals surface area contributed by atoms with Crippen molar-refractivity contribution >= 4 is 28.8 Å². The summed E-state index contributed by atoms with van der Waals surface area (Å²) < 4.78 is 77.9. The van der Waals surface area contributed by atoms with E-state index in [2.05, 4.69) is 10.3 Å². The predicted octanol–water partition coefficient (Wildman–Crippen LogP) is 6.65. The molecule has 0 atom stereocenters. The molecule has 2 N–H and O–H groups in total. The van der Waals surface area contributed by atoms with Gasteiger partial charge in [-0.3, -0.25) is 0 Å². The summed E-state index contributed by atoms with van der Waals surface area (Å²) in [6, 6.07) is 6.28. The Labute approximate surface area is 225 Å². The van der Waals surface area contributed by atoms with Crippen LogP contribution in [0.25, 0.3) is 10.8 Å². The van der Waals surface area contributed by atoms with Crippen molar-refractivity contribution in [2.75, 3.05) is 4.90 Å². The molecule has 2 amide bonds. The second-order valence-electron chi connectivity index (χ2n) is 10.3. The number of amides is 2. The summed E-state index contributed by atoms with van der Waals surface area (Å²) in [7, 11) is 0. The molecule has 1 aromatic heterocycles. The zero-order valence-electron chi connectivity index (χ0n) is 21.7. The third-order valence-electron chi connectivity index (χ3n) is 6.15. The van der Waals surface area contributed by atoms with Crippen LogP contribution in [-0.4, -0.2) is 40.0 Å². The molecule has 214 valence electrons. The molecule has 0 saturated heterocycles. The summed E-state index contributed by atoms with van der Waals surface area (Å²) in [6.45, 7) is 4.76. The van der Waals surface area contributed by atoms with Gasteiger partial charge in [-0.15, -0.1) is 0 Å². The number of alkyl halides is 3. The molecular formula is C27H26F5N3O5. The standard InChI is InChI=1S/C27H26F5N3O5/c1-26(2,3)40-25(38)35(24(36)37)23-11-18-14(12-34-23)4-6-21(28)19(18)13-33-15-8-17(9-15)39-16-5-7-22(29)20(10-16)27(30,31)32/h4-7,10-12,15,17,33H,8-9,13H2,1-3H3,(H,36,37)/t15-,17-.